The van der Waals surface area contributed by atoms with Crippen molar-refractivity contribution in [3.63, 3.8) is 0 Å². The van der Waals surface area contributed by atoms with E-state index in [1.54, 1.807) is 25.1 Å². The summed E-state index contributed by atoms with van der Waals surface area (Å²) in [6.07, 6.45) is 1.79. The molecule has 1 aliphatic carbocycles. The molecule has 7 heteroatoms. The lowest BCUT2D eigenvalue weighted by Gasteiger charge is -2.13. The molecule has 0 saturated heterocycles. The Kier molecular flexibility index (Phi) is 5.18. The van der Waals surface area contributed by atoms with E-state index in [2.05, 4.69) is 10.9 Å². The highest BCUT2D eigenvalue weighted by Crippen LogP contribution is 2.32. The molecule has 1 atom stereocenters. The molecule has 108 valence electrons. The maximum atomic E-state index is 11.9. The number of carbonyl (C=O) groups excluding carboxylic acids is 2. The smallest absolute Gasteiger partial charge is 0.251 e. The van der Waals surface area contributed by atoms with Crippen molar-refractivity contribution in [2.45, 2.75) is 29.9 Å². The Morgan fingerprint density at radius 3 is 2.65 bits per heavy atom. The largest absolute Gasteiger partial charge is 0.273 e. The van der Waals surface area contributed by atoms with Gasteiger partial charge in [-0.15, -0.1) is 11.8 Å². The van der Waals surface area contributed by atoms with Crippen molar-refractivity contribution in [2.24, 2.45) is 5.92 Å². The lowest BCUT2D eigenvalue weighted by molar-refractivity contribution is -0.129. The summed E-state index contributed by atoms with van der Waals surface area (Å²) in [5.74, 6) is -0.350. The molecule has 1 aromatic carbocycles. The summed E-state index contributed by atoms with van der Waals surface area (Å²) in [4.78, 5) is 24.0. The van der Waals surface area contributed by atoms with E-state index in [0.717, 1.165) is 17.7 Å². The Bertz CT molecular complexity index is 535. The van der Waals surface area contributed by atoms with Gasteiger partial charge in [-0.3, -0.25) is 20.4 Å². The highest BCUT2D eigenvalue weighted by atomic mass is 35.5. The zero-order chi connectivity index (χ0) is 14.7. The maximum Gasteiger partial charge on any atom is 0.251 e. The molecule has 4 nitrogen and oxygen atoms in total. The summed E-state index contributed by atoms with van der Waals surface area (Å²) in [6.45, 7) is 1.74. The van der Waals surface area contributed by atoms with Crippen molar-refractivity contribution in [1.29, 1.82) is 0 Å². The van der Waals surface area contributed by atoms with Gasteiger partial charge in [-0.05, 0) is 38.0 Å². The van der Waals surface area contributed by atoms with Crippen LogP contribution in [0.15, 0.2) is 23.1 Å². The second kappa shape index (κ2) is 6.70. The zero-order valence-corrected chi connectivity index (χ0v) is 13.1. The topological polar surface area (TPSA) is 58.2 Å². The highest BCUT2D eigenvalue weighted by Gasteiger charge is 2.30. The molecule has 1 aliphatic rings. The van der Waals surface area contributed by atoms with Crippen molar-refractivity contribution in [3.8, 4) is 0 Å². The van der Waals surface area contributed by atoms with Gasteiger partial charge < -0.3 is 0 Å². The number of benzene rings is 1. The quantitative estimate of drug-likeness (QED) is 0.658. The number of halogens is 2. The fraction of sp³-hybridized carbons (Fsp3) is 0.385. The van der Waals surface area contributed by atoms with E-state index >= 15 is 0 Å². The van der Waals surface area contributed by atoms with Gasteiger partial charge >= 0.3 is 0 Å². The van der Waals surface area contributed by atoms with Gasteiger partial charge in [0.25, 0.3) is 5.91 Å². The van der Waals surface area contributed by atoms with Crippen LogP contribution in [-0.2, 0) is 9.59 Å². The van der Waals surface area contributed by atoms with Gasteiger partial charge in [0, 0.05) is 15.8 Å². The summed E-state index contributed by atoms with van der Waals surface area (Å²) in [5.41, 5.74) is 4.85. The average Bonchev–Trinajstić information content (AvgIpc) is 3.24. The average molecular weight is 333 g/mol. The van der Waals surface area contributed by atoms with Crippen molar-refractivity contribution in [1.82, 2.24) is 10.9 Å². The van der Waals surface area contributed by atoms with Gasteiger partial charge in [-0.2, -0.15) is 0 Å². The molecule has 20 heavy (non-hydrogen) atoms. The van der Waals surface area contributed by atoms with E-state index in [-0.39, 0.29) is 17.7 Å². The summed E-state index contributed by atoms with van der Waals surface area (Å²) < 4.78 is 0. The fourth-order valence-electron chi connectivity index (χ4n) is 1.48. The first-order valence-electron chi connectivity index (χ1n) is 6.19. The first kappa shape index (κ1) is 15.5. The SMILES string of the molecule is CC(Sc1cc(Cl)ccc1Cl)C(=O)NNC(=O)C1CC1. The second-order valence-electron chi connectivity index (χ2n) is 4.59. The number of hydrazine groups is 1. The number of thioether (sulfide) groups is 1. The fourth-order valence-corrected chi connectivity index (χ4v) is 2.89. The van der Waals surface area contributed by atoms with Gasteiger partial charge in [-0.1, -0.05) is 23.2 Å². The monoisotopic (exact) mass is 332 g/mol. The summed E-state index contributed by atoms with van der Waals surface area (Å²) in [7, 11) is 0. The van der Waals surface area contributed by atoms with Gasteiger partial charge in [0.05, 0.1) is 10.3 Å². The molecule has 0 bridgehead atoms. The summed E-state index contributed by atoms with van der Waals surface area (Å²) in [5, 5.41) is 0.707. The van der Waals surface area contributed by atoms with Crippen molar-refractivity contribution >= 4 is 46.8 Å². The standard InChI is InChI=1S/C13H14Cl2N2O2S/c1-7(12(18)16-17-13(19)8-2-3-8)20-11-6-9(14)4-5-10(11)15/h4-8H,2-3H2,1H3,(H,16,18)(H,17,19). The van der Waals surface area contributed by atoms with Crippen molar-refractivity contribution in [3.05, 3.63) is 28.2 Å². The molecule has 0 radical (unpaired) electrons. The van der Waals surface area contributed by atoms with Crippen LogP contribution in [-0.4, -0.2) is 17.1 Å². The lowest BCUT2D eigenvalue weighted by Crippen LogP contribution is -2.45. The molecule has 1 unspecified atom stereocenters. The second-order valence-corrected chi connectivity index (χ2v) is 6.81. The molecule has 1 fully saturated rings. The number of rotatable bonds is 4. The maximum absolute atomic E-state index is 11.9. The molecule has 1 aromatic rings. The van der Waals surface area contributed by atoms with Crippen LogP contribution in [0.25, 0.3) is 0 Å². The Labute approximate surface area is 131 Å². The summed E-state index contributed by atoms with van der Waals surface area (Å²) >= 11 is 13.2. The van der Waals surface area contributed by atoms with E-state index in [1.807, 2.05) is 0 Å². The predicted molar refractivity (Wildman–Crippen MR) is 80.8 cm³/mol. The number of hydrogen-bond donors (Lipinski definition) is 2. The Balaban J connectivity index is 1.86. The van der Waals surface area contributed by atoms with Crippen LogP contribution in [0.3, 0.4) is 0 Å². The van der Waals surface area contributed by atoms with Crippen LogP contribution in [0.4, 0.5) is 0 Å². The molecule has 0 aromatic heterocycles. The van der Waals surface area contributed by atoms with Gasteiger partial charge in [-0.25, -0.2) is 0 Å². The minimum atomic E-state index is -0.398. The van der Waals surface area contributed by atoms with Crippen LogP contribution < -0.4 is 10.9 Å². The first-order chi connectivity index (χ1) is 9.47. The molecule has 2 amide bonds. The van der Waals surface area contributed by atoms with E-state index in [0.29, 0.717) is 10.0 Å². The lowest BCUT2D eigenvalue weighted by atomic mass is 10.4. The number of carbonyl (C=O) groups is 2. The third-order valence-corrected chi connectivity index (χ3v) is 4.66. The molecule has 1 saturated carbocycles. The van der Waals surface area contributed by atoms with Crippen LogP contribution >= 0.6 is 35.0 Å². The van der Waals surface area contributed by atoms with Gasteiger partial charge in [0.1, 0.15) is 0 Å². The van der Waals surface area contributed by atoms with Crippen molar-refractivity contribution < 1.29 is 9.59 Å². The zero-order valence-electron chi connectivity index (χ0n) is 10.8. The Hall–Kier alpha value is -0.910. The molecule has 0 heterocycles. The number of nitrogens with one attached hydrogen (secondary N) is 2. The Morgan fingerprint density at radius 1 is 1.30 bits per heavy atom. The molecule has 2 N–H and O–H groups in total. The van der Waals surface area contributed by atoms with Gasteiger partial charge in [0.15, 0.2) is 0 Å². The molecular weight excluding hydrogens is 319 g/mol. The van der Waals surface area contributed by atoms with E-state index in [4.69, 9.17) is 23.2 Å². The van der Waals surface area contributed by atoms with Crippen LogP contribution in [0.1, 0.15) is 19.8 Å². The van der Waals surface area contributed by atoms with Crippen LogP contribution in [0.5, 0.6) is 0 Å². The molecule has 2 rings (SSSR count). The first-order valence-corrected chi connectivity index (χ1v) is 7.82. The van der Waals surface area contributed by atoms with E-state index in [9.17, 15) is 9.59 Å². The molecular formula is C13H14Cl2N2O2S. The third kappa shape index (κ3) is 4.30. The molecule has 0 spiro atoms. The normalized spacial score (nSPS) is 15.6. The van der Waals surface area contributed by atoms with E-state index in [1.165, 1.54) is 11.8 Å². The predicted octanol–water partition coefficient (Wildman–Crippen LogP) is 3.03. The number of hydrogen-bond acceptors (Lipinski definition) is 3. The third-order valence-electron chi connectivity index (χ3n) is 2.82. The molecule has 0 aliphatic heterocycles. The number of amides is 2. The highest BCUT2D eigenvalue weighted by molar-refractivity contribution is 8.00. The minimum Gasteiger partial charge on any atom is -0.273 e. The van der Waals surface area contributed by atoms with Crippen molar-refractivity contribution in [2.75, 3.05) is 0 Å². The summed E-state index contributed by atoms with van der Waals surface area (Å²) in [6, 6.07) is 5.08. The van der Waals surface area contributed by atoms with Crippen LogP contribution in [0.2, 0.25) is 10.0 Å². The van der Waals surface area contributed by atoms with Gasteiger partial charge in [0.2, 0.25) is 5.91 Å². The van der Waals surface area contributed by atoms with E-state index < -0.39 is 5.25 Å². The minimum absolute atomic E-state index is 0.0561. The van der Waals surface area contributed by atoms with Crippen LogP contribution in [0, 0.1) is 5.92 Å². The Morgan fingerprint density at radius 2 is 2.00 bits per heavy atom.